The number of rotatable bonds is 3. The van der Waals surface area contributed by atoms with Gasteiger partial charge in [-0.05, 0) is 24.6 Å². The van der Waals surface area contributed by atoms with Gasteiger partial charge in [0.1, 0.15) is 10.5 Å². The van der Waals surface area contributed by atoms with E-state index in [2.05, 4.69) is 9.97 Å². The van der Waals surface area contributed by atoms with Crippen molar-refractivity contribution in [1.82, 2.24) is 9.97 Å². The Labute approximate surface area is 119 Å². The molecule has 0 spiro atoms. The van der Waals surface area contributed by atoms with E-state index >= 15 is 0 Å². The lowest BCUT2D eigenvalue weighted by molar-refractivity contribution is -0.137. The molecule has 0 aliphatic carbocycles. The fourth-order valence-corrected chi connectivity index (χ4v) is 2.12. The van der Waals surface area contributed by atoms with E-state index in [1.807, 2.05) is 6.92 Å². The fraction of sp³-hybridized carbons (Fsp3) is 0.286. The van der Waals surface area contributed by atoms with Crippen molar-refractivity contribution < 1.29 is 13.2 Å². The van der Waals surface area contributed by atoms with Crippen molar-refractivity contribution in [2.24, 2.45) is 0 Å². The molecule has 6 heteroatoms. The summed E-state index contributed by atoms with van der Waals surface area (Å²) >= 11 is 5.05. The molecule has 20 heavy (non-hydrogen) atoms. The van der Waals surface area contributed by atoms with Crippen LogP contribution in [-0.4, -0.2) is 9.97 Å². The summed E-state index contributed by atoms with van der Waals surface area (Å²) in [6.07, 6.45) is -2.68. The molecule has 0 saturated carbocycles. The number of aromatic nitrogens is 2. The smallest absolute Gasteiger partial charge is 0.343 e. The highest BCUT2D eigenvalue weighted by Crippen LogP contribution is 2.31. The third-order valence-corrected chi connectivity index (χ3v) is 2.99. The lowest BCUT2D eigenvalue weighted by Gasteiger charge is -2.09. The van der Waals surface area contributed by atoms with Crippen LogP contribution in [0.2, 0.25) is 0 Å². The second-order valence-corrected chi connectivity index (χ2v) is 4.84. The van der Waals surface area contributed by atoms with Crippen molar-refractivity contribution in [3.05, 3.63) is 46.2 Å². The lowest BCUT2D eigenvalue weighted by Crippen LogP contribution is -2.05. The Morgan fingerprint density at radius 3 is 2.65 bits per heavy atom. The number of aromatic amines is 1. The highest BCUT2D eigenvalue weighted by atomic mass is 32.1. The van der Waals surface area contributed by atoms with Gasteiger partial charge in [0.05, 0.1) is 5.56 Å². The summed E-state index contributed by atoms with van der Waals surface area (Å²) < 4.78 is 38.5. The molecule has 106 valence electrons. The largest absolute Gasteiger partial charge is 0.416 e. The highest BCUT2D eigenvalue weighted by molar-refractivity contribution is 7.71. The van der Waals surface area contributed by atoms with Gasteiger partial charge in [-0.15, -0.1) is 0 Å². The molecule has 1 N–H and O–H groups in total. The molecule has 0 aliphatic heterocycles. The summed E-state index contributed by atoms with van der Waals surface area (Å²) in [4.78, 5) is 7.14. The molecular formula is C14H13F3N2S. The molecule has 0 fully saturated rings. The minimum Gasteiger partial charge on any atom is -0.343 e. The average molecular weight is 298 g/mol. The fourth-order valence-electron chi connectivity index (χ4n) is 1.89. The Bertz CT molecular complexity index is 662. The maximum absolute atomic E-state index is 12.7. The van der Waals surface area contributed by atoms with Crippen LogP contribution in [0.15, 0.2) is 30.3 Å². The lowest BCUT2D eigenvalue weighted by atomic mass is 10.1. The summed E-state index contributed by atoms with van der Waals surface area (Å²) in [5, 5.41) is 0. The molecule has 0 radical (unpaired) electrons. The predicted molar refractivity (Wildman–Crippen MR) is 73.9 cm³/mol. The quantitative estimate of drug-likeness (QED) is 0.826. The standard InChI is InChI=1S/C14H13F3N2S/c1-2-4-11-8-12(20)19-13(18-11)9-5-3-6-10(7-9)14(15,16)17/h3,5-8H,2,4H2,1H3,(H,18,19,20). The minimum absolute atomic E-state index is 0.368. The number of alkyl halides is 3. The van der Waals surface area contributed by atoms with Crippen molar-refractivity contribution in [3.63, 3.8) is 0 Å². The van der Waals surface area contributed by atoms with Crippen molar-refractivity contribution >= 4 is 12.2 Å². The zero-order valence-corrected chi connectivity index (χ0v) is 11.6. The van der Waals surface area contributed by atoms with Crippen LogP contribution in [0.1, 0.15) is 24.6 Å². The highest BCUT2D eigenvalue weighted by Gasteiger charge is 2.30. The number of benzene rings is 1. The number of hydrogen-bond donors (Lipinski definition) is 1. The number of nitrogens with zero attached hydrogens (tertiary/aromatic N) is 1. The van der Waals surface area contributed by atoms with Crippen molar-refractivity contribution in [2.75, 3.05) is 0 Å². The molecule has 1 aromatic heterocycles. The van der Waals surface area contributed by atoms with E-state index < -0.39 is 11.7 Å². The number of aryl methyl sites for hydroxylation is 1. The second kappa shape index (κ2) is 5.75. The average Bonchev–Trinajstić information content (AvgIpc) is 2.37. The van der Waals surface area contributed by atoms with Gasteiger partial charge in [0.25, 0.3) is 0 Å². The Kier molecular flexibility index (Phi) is 4.23. The van der Waals surface area contributed by atoms with E-state index in [-0.39, 0.29) is 0 Å². The van der Waals surface area contributed by atoms with Crippen LogP contribution in [-0.2, 0) is 12.6 Å². The molecule has 1 heterocycles. The number of hydrogen-bond acceptors (Lipinski definition) is 2. The van der Waals surface area contributed by atoms with Crippen LogP contribution < -0.4 is 0 Å². The first-order valence-corrected chi connectivity index (χ1v) is 6.59. The molecule has 0 atom stereocenters. The Morgan fingerprint density at radius 1 is 1.25 bits per heavy atom. The van der Waals surface area contributed by atoms with Crippen molar-refractivity contribution in [2.45, 2.75) is 25.9 Å². The van der Waals surface area contributed by atoms with E-state index in [1.54, 1.807) is 12.1 Å². The molecule has 2 nitrogen and oxygen atoms in total. The molecule has 0 saturated heterocycles. The van der Waals surface area contributed by atoms with Crippen molar-refractivity contribution in [1.29, 1.82) is 0 Å². The van der Waals surface area contributed by atoms with Crippen LogP contribution in [0.25, 0.3) is 11.4 Å². The summed E-state index contributed by atoms with van der Waals surface area (Å²) in [6.45, 7) is 2.02. The SMILES string of the molecule is CCCc1cc(=S)nc(-c2cccc(C(F)(F)F)c2)[nH]1. The third kappa shape index (κ3) is 3.45. The predicted octanol–water partition coefficient (Wildman–Crippen LogP) is 4.78. The van der Waals surface area contributed by atoms with Gasteiger partial charge in [0.15, 0.2) is 0 Å². The molecular weight excluding hydrogens is 285 g/mol. The number of nitrogens with one attached hydrogen (secondary N) is 1. The van der Waals surface area contributed by atoms with E-state index in [0.717, 1.165) is 30.7 Å². The van der Waals surface area contributed by atoms with E-state index in [0.29, 0.717) is 16.0 Å². The van der Waals surface area contributed by atoms with Gasteiger partial charge in [-0.1, -0.05) is 37.7 Å². The maximum Gasteiger partial charge on any atom is 0.416 e. The number of H-pyrrole nitrogens is 1. The van der Waals surface area contributed by atoms with E-state index in [4.69, 9.17) is 12.2 Å². The second-order valence-electron chi connectivity index (χ2n) is 4.42. The van der Waals surface area contributed by atoms with Crippen molar-refractivity contribution in [3.8, 4) is 11.4 Å². The van der Waals surface area contributed by atoms with Gasteiger partial charge >= 0.3 is 6.18 Å². The minimum atomic E-state index is -4.37. The van der Waals surface area contributed by atoms with Crippen LogP contribution in [0.5, 0.6) is 0 Å². The van der Waals surface area contributed by atoms with Gasteiger partial charge in [0, 0.05) is 11.3 Å². The first-order chi connectivity index (χ1) is 9.40. The Morgan fingerprint density at radius 2 is 2.00 bits per heavy atom. The molecule has 0 unspecified atom stereocenters. The molecule has 0 amide bonds. The third-order valence-electron chi connectivity index (χ3n) is 2.78. The Hall–Kier alpha value is -1.69. The molecule has 2 aromatic rings. The van der Waals surface area contributed by atoms with Gasteiger partial charge in [-0.25, -0.2) is 4.98 Å². The summed E-state index contributed by atoms with van der Waals surface area (Å²) in [5.74, 6) is 0.368. The van der Waals surface area contributed by atoms with E-state index in [1.165, 1.54) is 6.07 Å². The monoisotopic (exact) mass is 298 g/mol. The summed E-state index contributed by atoms with van der Waals surface area (Å²) in [7, 11) is 0. The van der Waals surface area contributed by atoms with Gasteiger partial charge in [-0.3, -0.25) is 0 Å². The molecule has 0 bridgehead atoms. The topological polar surface area (TPSA) is 28.7 Å². The van der Waals surface area contributed by atoms with Crippen LogP contribution in [0.3, 0.4) is 0 Å². The number of halogens is 3. The molecule has 1 aromatic carbocycles. The van der Waals surface area contributed by atoms with Gasteiger partial charge in [0.2, 0.25) is 0 Å². The zero-order chi connectivity index (χ0) is 14.8. The van der Waals surface area contributed by atoms with Gasteiger partial charge < -0.3 is 4.98 Å². The molecule has 0 aliphatic rings. The first-order valence-electron chi connectivity index (χ1n) is 6.18. The van der Waals surface area contributed by atoms with Crippen LogP contribution >= 0.6 is 12.2 Å². The van der Waals surface area contributed by atoms with Crippen LogP contribution in [0, 0.1) is 4.64 Å². The normalized spacial score (nSPS) is 11.6. The summed E-state index contributed by atoms with van der Waals surface area (Å²) in [6, 6.07) is 6.79. The van der Waals surface area contributed by atoms with E-state index in [9.17, 15) is 13.2 Å². The Balaban J connectivity index is 2.49. The van der Waals surface area contributed by atoms with Gasteiger partial charge in [-0.2, -0.15) is 13.2 Å². The summed E-state index contributed by atoms with van der Waals surface area (Å²) in [5.41, 5.74) is 0.556. The van der Waals surface area contributed by atoms with Crippen LogP contribution in [0.4, 0.5) is 13.2 Å². The molecule has 2 rings (SSSR count). The first kappa shape index (κ1) is 14.7. The zero-order valence-electron chi connectivity index (χ0n) is 10.8. The maximum atomic E-state index is 12.7.